The van der Waals surface area contributed by atoms with Crippen LogP contribution in [-0.2, 0) is 23.7 Å². The monoisotopic (exact) mass is 628 g/mol. The van der Waals surface area contributed by atoms with Crippen LogP contribution in [0.2, 0.25) is 0 Å². The molecule has 12 heteroatoms. The van der Waals surface area contributed by atoms with Gasteiger partial charge in [0.15, 0.2) is 0 Å². The third-order valence-corrected chi connectivity index (χ3v) is 5.46. The maximum atomic E-state index is 12.9. The maximum absolute atomic E-state index is 12.9. The van der Waals surface area contributed by atoms with Gasteiger partial charge < -0.3 is 19.7 Å². The van der Waals surface area contributed by atoms with E-state index in [1.165, 1.54) is 6.11 Å². The lowest BCUT2D eigenvalue weighted by molar-refractivity contribution is -0.143. The van der Waals surface area contributed by atoms with Crippen LogP contribution in [-0.4, -0.2) is 39.1 Å². The Kier molecular flexibility index (Phi) is 23.4. The highest BCUT2D eigenvalue weighted by Gasteiger charge is 2.36. The molecule has 1 aliphatic heterocycles. The average molecular weight is 629 g/mol. The van der Waals surface area contributed by atoms with Gasteiger partial charge in [0.2, 0.25) is 0 Å². The van der Waals surface area contributed by atoms with Gasteiger partial charge in [-0.05, 0) is 43.0 Å². The number of allylic oxidation sites excluding steroid dienone is 6. The van der Waals surface area contributed by atoms with Crippen LogP contribution in [0.5, 0.6) is 0 Å². The SMILES string of the molecule is C#C.C#CO.C1=CC=CCC=C1.CC.CC.FC(F)(F)c1cc(COC[C@@H]2CC[C@H](n3cnnc3)CN2)cc(C(F)(F)F)c1. The number of aliphatic hydroxyl groups is 1. The Bertz CT molecular complexity index is 1090. The number of aliphatic hydroxyl groups excluding tert-OH is 1. The Balaban J connectivity index is 0. The van der Waals surface area contributed by atoms with Gasteiger partial charge in [-0.15, -0.1) is 23.0 Å². The molecule has 0 unspecified atom stereocenters. The minimum Gasteiger partial charge on any atom is -0.462 e. The fraction of sp³-hybridized carbons (Fsp3) is 0.438. The van der Waals surface area contributed by atoms with E-state index >= 15 is 0 Å². The molecule has 1 fully saturated rings. The Morgan fingerprint density at radius 1 is 0.886 bits per heavy atom. The summed E-state index contributed by atoms with van der Waals surface area (Å²) < 4.78 is 84.5. The van der Waals surface area contributed by atoms with Crippen molar-refractivity contribution in [2.45, 2.75) is 78.0 Å². The van der Waals surface area contributed by atoms with Crippen molar-refractivity contribution in [2.75, 3.05) is 13.2 Å². The molecule has 1 aliphatic carbocycles. The van der Waals surface area contributed by atoms with Crippen LogP contribution in [0.3, 0.4) is 0 Å². The first kappa shape index (κ1) is 42.1. The normalized spacial score (nSPS) is 16.6. The summed E-state index contributed by atoms with van der Waals surface area (Å²) >= 11 is 0. The van der Waals surface area contributed by atoms with Gasteiger partial charge in [-0.2, -0.15) is 26.3 Å². The molecule has 0 radical (unpaired) electrons. The van der Waals surface area contributed by atoms with E-state index in [9.17, 15) is 26.3 Å². The molecule has 1 aromatic carbocycles. The second-order valence-corrected chi connectivity index (χ2v) is 8.28. The van der Waals surface area contributed by atoms with E-state index in [0.29, 0.717) is 18.7 Å². The summed E-state index contributed by atoms with van der Waals surface area (Å²) in [4.78, 5) is 0. The number of alkyl halides is 6. The number of benzene rings is 1. The van der Waals surface area contributed by atoms with Crippen molar-refractivity contribution >= 4 is 0 Å². The molecule has 44 heavy (non-hydrogen) atoms. The fourth-order valence-corrected chi connectivity index (χ4v) is 3.64. The van der Waals surface area contributed by atoms with Gasteiger partial charge in [0.1, 0.15) is 18.8 Å². The fourth-order valence-electron chi connectivity index (χ4n) is 3.64. The molecule has 1 saturated heterocycles. The summed E-state index contributed by atoms with van der Waals surface area (Å²) in [6.45, 7) is 8.50. The first-order valence-electron chi connectivity index (χ1n) is 13.9. The van der Waals surface area contributed by atoms with Gasteiger partial charge in [-0.25, -0.2) is 0 Å². The molecule has 1 aromatic heterocycles. The molecule has 0 saturated carbocycles. The zero-order valence-electron chi connectivity index (χ0n) is 25.4. The molecule has 2 heterocycles. The van der Waals surface area contributed by atoms with Gasteiger partial charge in [-0.3, -0.25) is 0 Å². The standard InChI is InChI=1S/C17H18F6N4O.C7H8.C2H2O.2C2H6.C2H2/c18-16(19,20)12-3-11(4-13(5-12)17(21,22)23)7-28-8-14-1-2-15(6-24-14)27-9-25-26-10-27;1-2-4-6-7-5-3-1;1-2-3;3*1-2/h3-5,9-10,14-15,24H,1-2,6-8H2;1-6H,7H2;1,3H;2*1-2H3;1-2H/t14-,15-;;;;;/m0...../s1. The highest BCUT2D eigenvalue weighted by Crippen LogP contribution is 2.36. The number of halogens is 6. The van der Waals surface area contributed by atoms with Crippen LogP contribution in [0.4, 0.5) is 26.3 Å². The summed E-state index contributed by atoms with van der Waals surface area (Å²) in [6.07, 6.45) is 22.0. The van der Waals surface area contributed by atoms with E-state index in [2.05, 4.69) is 59.1 Å². The second-order valence-electron chi connectivity index (χ2n) is 8.28. The molecular weight excluding hydrogens is 586 g/mol. The number of aromatic nitrogens is 3. The summed E-state index contributed by atoms with van der Waals surface area (Å²) in [6, 6.07) is 1.65. The van der Waals surface area contributed by atoms with E-state index in [0.717, 1.165) is 19.3 Å². The van der Waals surface area contributed by atoms with Crippen LogP contribution in [0.25, 0.3) is 0 Å². The van der Waals surface area contributed by atoms with Crippen molar-refractivity contribution in [3.05, 3.63) is 84.0 Å². The number of terminal acetylenes is 2. The predicted octanol–water partition coefficient (Wildman–Crippen LogP) is 8.14. The van der Waals surface area contributed by atoms with Crippen molar-refractivity contribution in [3.63, 3.8) is 0 Å². The zero-order valence-corrected chi connectivity index (χ0v) is 25.4. The van der Waals surface area contributed by atoms with Crippen LogP contribution >= 0.6 is 0 Å². The molecule has 2 atom stereocenters. The number of rotatable bonds is 5. The minimum atomic E-state index is -4.86. The third-order valence-electron chi connectivity index (χ3n) is 5.46. The molecule has 0 bridgehead atoms. The Hall–Kier alpha value is -4.00. The van der Waals surface area contributed by atoms with E-state index < -0.39 is 23.5 Å². The molecule has 4 rings (SSSR count). The first-order chi connectivity index (χ1) is 21.0. The number of nitrogens with zero attached hydrogens (tertiary/aromatic N) is 3. The van der Waals surface area contributed by atoms with Gasteiger partial charge in [0.05, 0.1) is 24.3 Å². The van der Waals surface area contributed by atoms with Crippen LogP contribution in [0.1, 0.15) is 69.7 Å². The van der Waals surface area contributed by atoms with Crippen molar-refractivity contribution in [1.82, 2.24) is 20.1 Å². The average Bonchev–Trinajstić information content (AvgIpc) is 3.40. The maximum Gasteiger partial charge on any atom is 0.416 e. The quantitative estimate of drug-likeness (QED) is 0.258. The van der Waals surface area contributed by atoms with Crippen molar-refractivity contribution in [2.24, 2.45) is 0 Å². The summed E-state index contributed by atoms with van der Waals surface area (Å²) in [5.74, 6) is 0. The van der Waals surface area contributed by atoms with Crippen molar-refractivity contribution in [3.8, 4) is 25.4 Å². The molecule has 244 valence electrons. The highest BCUT2D eigenvalue weighted by molar-refractivity contribution is 5.33. The summed E-state index contributed by atoms with van der Waals surface area (Å²) in [5.41, 5.74) is -2.85. The molecule has 2 aliphatic rings. The molecule has 6 nitrogen and oxygen atoms in total. The number of nitrogens with one attached hydrogen (secondary N) is 1. The van der Waals surface area contributed by atoms with Crippen LogP contribution < -0.4 is 5.32 Å². The summed E-state index contributed by atoms with van der Waals surface area (Å²) in [7, 11) is 0. The Morgan fingerprint density at radius 3 is 1.77 bits per heavy atom. The Morgan fingerprint density at radius 2 is 1.36 bits per heavy atom. The third kappa shape index (κ3) is 17.8. The molecule has 0 amide bonds. The largest absolute Gasteiger partial charge is 0.462 e. The van der Waals surface area contributed by atoms with Gasteiger partial charge in [0.25, 0.3) is 0 Å². The topological polar surface area (TPSA) is 72.2 Å². The minimum absolute atomic E-state index is 0.0272. The van der Waals surface area contributed by atoms with Crippen LogP contribution in [0.15, 0.2) is 67.3 Å². The molecule has 0 spiro atoms. The lowest BCUT2D eigenvalue weighted by Crippen LogP contribution is -2.42. The van der Waals surface area contributed by atoms with Gasteiger partial charge in [0, 0.05) is 18.6 Å². The number of piperidine rings is 1. The predicted molar refractivity (Wildman–Crippen MR) is 162 cm³/mol. The Labute approximate surface area is 256 Å². The number of hydrogen-bond acceptors (Lipinski definition) is 5. The number of hydrogen-bond donors (Lipinski definition) is 2. The molecular formula is C32H42F6N4O2. The lowest BCUT2D eigenvalue weighted by Gasteiger charge is -2.30. The van der Waals surface area contributed by atoms with Gasteiger partial charge >= 0.3 is 12.4 Å². The number of ether oxygens (including phenoxy) is 1. The van der Waals surface area contributed by atoms with Gasteiger partial charge in [-0.1, -0.05) is 70.6 Å². The molecule has 2 aromatic rings. The molecule has 2 N–H and O–H groups in total. The zero-order chi connectivity index (χ0) is 34.0. The van der Waals surface area contributed by atoms with E-state index in [1.807, 2.05) is 44.4 Å². The first-order valence-corrected chi connectivity index (χ1v) is 13.9. The van der Waals surface area contributed by atoms with Crippen LogP contribution in [0, 0.1) is 25.4 Å². The van der Waals surface area contributed by atoms with Crippen molar-refractivity contribution < 1.29 is 36.2 Å². The van der Waals surface area contributed by atoms with E-state index in [-0.39, 0.29) is 36.9 Å². The van der Waals surface area contributed by atoms with E-state index in [4.69, 9.17) is 9.84 Å². The van der Waals surface area contributed by atoms with Crippen molar-refractivity contribution in [1.29, 1.82) is 0 Å². The lowest BCUT2D eigenvalue weighted by atomic mass is 10.0. The summed E-state index contributed by atoms with van der Waals surface area (Å²) in [5, 5.41) is 17.8. The second kappa shape index (κ2) is 24.4. The smallest absolute Gasteiger partial charge is 0.416 e. The van der Waals surface area contributed by atoms with E-state index in [1.54, 1.807) is 12.7 Å². The highest BCUT2D eigenvalue weighted by atomic mass is 19.4.